The lowest BCUT2D eigenvalue weighted by Gasteiger charge is -2.11. The van der Waals surface area contributed by atoms with Gasteiger partial charge in [0.15, 0.2) is 0 Å². The molecule has 1 atom stereocenters. The van der Waals surface area contributed by atoms with Crippen LogP contribution in [0.3, 0.4) is 0 Å². The standard InChI is InChI=1S/C9H14N2O2.C4H10.HI.H2/c1-7(5-10)13-9-4-3-8(12-2)6-11-9;1-3-4-2;;/h3-4,6-7H,5,10H2,1-2H3;3-4H2,1-2H3;2*1H/t7-;;;/m0.../s1. The maximum Gasteiger partial charge on any atom is 0.213 e. The van der Waals surface area contributed by atoms with Gasteiger partial charge in [-0.3, -0.25) is 0 Å². The van der Waals surface area contributed by atoms with Gasteiger partial charge in [0.05, 0.1) is 13.3 Å². The van der Waals surface area contributed by atoms with E-state index in [1.807, 2.05) is 6.92 Å². The van der Waals surface area contributed by atoms with E-state index in [9.17, 15) is 0 Å². The first-order valence-electron chi connectivity index (χ1n) is 6.04. The van der Waals surface area contributed by atoms with Crippen molar-refractivity contribution in [3.05, 3.63) is 18.3 Å². The quantitative estimate of drug-likeness (QED) is 0.807. The fraction of sp³-hybridized carbons (Fsp3) is 0.615. The van der Waals surface area contributed by atoms with Gasteiger partial charge in [-0.15, -0.1) is 24.0 Å². The second-order valence-electron chi connectivity index (χ2n) is 3.70. The zero-order valence-electron chi connectivity index (χ0n) is 11.7. The molecule has 0 amide bonds. The van der Waals surface area contributed by atoms with Crippen LogP contribution in [0.2, 0.25) is 0 Å². The molecule has 18 heavy (non-hydrogen) atoms. The smallest absolute Gasteiger partial charge is 0.213 e. The number of halogens is 1. The van der Waals surface area contributed by atoms with Crippen LogP contribution in [-0.4, -0.2) is 24.7 Å². The molecule has 0 unspecified atom stereocenters. The third-order valence-corrected chi connectivity index (χ3v) is 2.10. The topological polar surface area (TPSA) is 57.4 Å². The zero-order valence-corrected chi connectivity index (χ0v) is 14.0. The Balaban J connectivity index is -0.000000379. The fourth-order valence-electron chi connectivity index (χ4n) is 0.811. The normalized spacial score (nSPS) is 10.5. The maximum absolute atomic E-state index is 5.40. The summed E-state index contributed by atoms with van der Waals surface area (Å²) in [6.45, 7) is 6.74. The molecule has 4 nitrogen and oxygen atoms in total. The average molecular weight is 370 g/mol. The van der Waals surface area contributed by atoms with Gasteiger partial charge in [-0.05, 0) is 13.0 Å². The molecule has 0 aliphatic rings. The molecule has 0 radical (unpaired) electrons. The molecule has 0 aliphatic heterocycles. The zero-order chi connectivity index (χ0) is 13.1. The Morgan fingerprint density at radius 2 is 1.94 bits per heavy atom. The van der Waals surface area contributed by atoms with Gasteiger partial charge >= 0.3 is 0 Å². The minimum Gasteiger partial charge on any atom is -0.495 e. The van der Waals surface area contributed by atoms with Crippen LogP contribution in [0.15, 0.2) is 18.3 Å². The number of methoxy groups -OCH3 is 1. The van der Waals surface area contributed by atoms with Crippen LogP contribution in [0.25, 0.3) is 0 Å². The molecule has 0 fully saturated rings. The Morgan fingerprint density at radius 1 is 1.33 bits per heavy atom. The maximum atomic E-state index is 5.40. The number of rotatable bonds is 5. The summed E-state index contributed by atoms with van der Waals surface area (Å²) >= 11 is 0. The van der Waals surface area contributed by atoms with Crippen molar-refractivity contribution in [1.29, 1.82) is 0 Å². The van der Waals surface area contributed by atoms with Gasteiger partial charge in [-0.2, -0.15) is 0 Å². The minimum atomic E-state index is -0.0131. The van der Waals surface area contributed by atoms with Crippen molar-refractivity contribution in [2.75, 3.05) is 13.7 Å². The molecule has 0 bridgehead atoms. The van der Waals surface area contributed by atoms with E-state index in [0.29, 0.717) is 18.2 Å². The van der Waals surface area contributed by atoms with Gasteiger partial charge in [-0.25, -0.2) is 4.98 Å². The molecule has 1 aromatic rings. The number of hydrogen-bond donors (Lipinski definition) is 1. The van der Waals surface area contributed by atoms with Gasteiger partial charge in [0.1, 0.15) is 11.9 Å². The molecule has 5 heteroatoms. The second kappa shape index (κ2) is 12.9. The molecule has 0 aromatic carbocycles. The Kier molecular flexibility index (Phi) is 14.2. The minimum absolute atomic E-state index is 0. The summed E-state index contributed by atoms with van der Waals surface area (Å²) in [6.07, 6.45) is 4.24. The van der Waals surface area contributed by atoms with Gasteiger partial charge in [0, 0.05) is 14.0 Å². The van der Waals surface area contributed by atoms with Crippen molar-refractivity contribution in [1.82, 2.24) is 4.98 Å². The number of nitrogens with zero attached hydrogens (tertiary/aromatic N) is 1. The van der Waals surface area contributed by atoms with Crippen molar-refractivity contribution < 1.29 is 10.9 Å². The number of pyridine rings is 1. The van der Waals surface area contributed by atoms with Crippen molar-refractivity contribution in [3.63, 3.8) is 0 Å². The molecule has 1 heterocycles. The van der Waals surface area contributed by atoms with Gasteiger partial charge in [0.25, 0.3) is 0 Å². The summed E-state index contributed by atoms with van der Waals surface area (Å²) in [5.74, 6) is 1.28. The number of nitrogens with two attached hydrogens (primary N) is 1. The van der Waals surface area contributed by atoms with Gasteiger partial charge in [0.2, 0.25) is 5.88 Å². The summed E-state index contributed by atoms with van der Waals surface area (Å²) in [7, 11) is 1.60. The van der Waals surface area contributed by atoms with Crippen LogP contribution in [0, 0.1) is 0 Å². The van der Waals surface area contributed by atoms with E-state index in [2.05, 4.69) is 18.8 Å². The highest BCUT2D eigenvalue weighted by atomic mass is 127. The van der Waals surface area contributed by atoms with E-state index in [-0.39, 0.29) is 31.5 Å². The first-order valence-corrected chi connectivity index (χ1v) is 6.04. The summed E-state index contributed by atoms with van der Waals surface area (Å²) in [5, 5.41) is 0. The van der Waals surface area contributed by atoms with Crippen LogP contribution in [0.4, 0.5) is 0 Å². The lowest BCUT2D eigenvalue weighted by Crippen LogP contribution is -2.23. The molecular weight excluding hydrogens is 343 g/mol. The van der Waals surface area contributed by atoms with E-state index in [4.69, 9.17) is 15.2 Å². The molecular formula is C13H27IN2O2. The Labute approximate surface area is 129 Å². The third-order valence-electron chi connectivity index (χ3n) is 2.10. The number of ether oxygens (including phenoxy) is 2. The summed E-state index contributed by atoms with van der Waals surface area (Å²) in [6, 6.07) is 3.55. The summed E-state index contributed by atoms with van der Waals surface area (Å²) in [5.41, 5.74) is 5.40. The Hall–Kier alpha value is -0.560. The van der Waals surface area contributed by atoms with Crippen molar-refractivity contribution in [3.8, 4) is 11.6 Å². The molecule has 2 N–H and O–H groups in total. The molecule has 1 aromatic heterocycles. The van der Waals surface area contributed by atoms with Crippen LogP contribution >= 0.6 is 24.0 Å². The molecule has 1 rings (SSSR count). The molecule has 0 aliphatic carbocycles. The Morgan fingerprint density at radius 3 is 2.28 bits per heavy atom. The van der Waals surface area contributed by atoms with Crippen molar-refractivity contribution in [2.45, 2.75) is 39.7 Å². The fourth-order valence-corrected chi connectivity index (χ4v) is 0.811. The molecule has 0 saturated carbocycles. The predicted molar refractivity (Wildman–Crippen MR) is 88.0 cm³/mol. The van der Waals surface area contributed by atoms with Crippen LogP contribution in [-0.2, 0) is 0 Å². The van der Waals surface area contributed by atoms with Crippen molar-refractivity contribution >= 4 is 24.0 Å². The van der Waals surface area contributed by atoms with Gasteiger partial charge in [-0.1, -0.05) is 26.7 Å². The second-order valence-corrected chi connectivity index (χ2v) is 3.70. The number of unbranched alkanes of at least 4 members (excludes halogenated alkanes) is 1. The van der Waals surface area contributed by atoms with Gasteiger partial charge < -0.3 is 15.2 Å². The lowest BCUT2D eigenvalue weighted by atomic mass is 10.4. The number of aromatic nitrogens is 1. The largest absolute Gasteiger partial charge is 0.495 e. The third kappa shape index (κ3) is 9.47. The van der Waals surface area contributed by atoms with E-state index >= 15 is 0 Å². The first-order chi connectivity index (χ1) is 8.17. The molecule has 0 spiro atoms. The van der Waals surface area contributed by atoms with Crippen LogP contribution in [0.5, 0.6) is 11.6 Å². The summed E-state index contributed by atoms with van der Waals surface area (Å²) < 4.78 is 10.3. The highest BCUT2D eigenvalue weighted by Crippen LogP contribution is 2.13. The summed E-state index contributed by atoms with van der Waals surface area (Å²) in [4.78, 5) is 4.03. The van der Waals surface area contributed by atoms with E-state index < -0.39 is 0 Å². The highest BCUT2D eigenvalue weighted by Gasteiger charge is 2.01. The monoisotopic (exact) mass is 370 g/mol. The average Bonchev–Trinajstić information content (AvgIpc) is 2.39. The Bertz CT molecular complexity index is 284. The molecule has 0 saturated heterocycles. The van der Waals surface area contributed by atoms with Crippen molar-refractivity contribution in [2.24, 2.45) is 5.73 Å². The SMILES string of the molecule is CCCC.COc1ccc(O[C@@H](C)CN)nc1.I.[HH]. The first kappa shape index (κ1) is 19.8. The molecule has 108 valence electrons. The van der Waals surface area contributed by atoms with Crippen LogP contribution in [0.1, 0.15) is 35.0 Å². The van der Waals surface area contributed by atoms with E-state index in [0.717, 1.165) is 0 Å². The number of hydrogen-bond acceptors (Lipinski definition) is 4. The van der Waals surface area contributed by atoms with E-state index in [1.54, 1.807) is 25.4 Å². The lowest BCUT2D eigenvalue weighted by molar-refractivity contribution is 0.220. The highest BCUT2D eigenvalue weighted by molar-refractivity contribution is 14.0. The van der Waals surface area contributed by atoms with Crippen LogP contribution < -0.4 is 15.2 Å². The van der Waals surface area contributed by atoms with E-state index in [1.165, 1.54) is 12.8 Å². The predicted octanol–water partition coefficient (Wildman–Crippen LogP) is 3.49.